The predicted molar refractivity (Wildman–Crippen MR) is 134 cm³/mol. The molecule has 2 aliphatic heterocycles. The van der Waals surface area contributed by atoms with Gasteiger partial charge in [0.25, 0.3) is 6.43 Å². The van der Waals surface area contributed by atoms with Crippen molar-refractivity contribution in [3.8, 4) is 17.0 Å². The Balaban J connectivity index is 1.52. The molecule has 4 heterocycles. The van der Waals surface area contributed by atoms with Crippen molar-refractivity contribution >= 4 is 23.2 Å². The first-order chi connectivity index (χ1) is 17.9. The van der Waals surface area contributed by atoms with Gasteiger partial charge in [-0.25, -0.2) is 13.6 Å². The van der Waals surface area contributed by atoms with Gasteiger partial charge in [-0.2, -0.15) is 0 Å². The predicted octanol–water partition coefficient (Wildman–Crippen LogP) is 3.83. The molecule has 0 aliphatic carbocycles. The Morgan fingerprint density at radius 3 is 2.59 bits per heavy atom. The van der Waals surface area contributed by atoms with Crippen molar-refractivity contribution < 1.29 is 23.1 Å². The molecule has 0 atom stereocenters. The Labute approximate surface area is 213 Å². The first kappa shape index (κ1) is 24.7. The van der Waals surface area contributed by atoms with Crippen LogP contribution >= 0.6 is 0 Å². The monoisotopic (exact) mass is 510 g/mol. The number of benzene rings is 1. The van der Waals surface area contributed by atoms with Crippen LogP contribution in [0, 0.1) is 0 Å². The maximum Gasteiger partial charge on any atom is 0.320 e. The Kier molecular flexibility index (Phi) is 7.04. The molecule has 37 heavy (non-hydrogen) atoms. The summed E-state index contributed by atoms with van der Waals surface area (Å²) in [6.07, 6.45) is 0.249. The number of ether oxygens (including phenoxy) is 1. The molecular formula is C26H28F2N6O3. The van der Waals surface area contributed by atoms with Crippen LogP contribution in [0.3, 0.4) is 0 Å². The fourth-order valence-electron chi connectivity index (χ4n) is 4.66. The molecule has 1 fully saturated rings. The van der Waals surface area contributed by atoms with Crippen LogP contribution in [0.15, 0.2) is 48.8 Å². The number of urea groups is 1. The van der Waals surface area contributed by atoms with Crippen LogP contribution in [-0.2, 0) is 6.54 Å². The highest BCUT2D eigenvalue weighted by atomic mass is 19.3. The lowest BCUT2D eigenvalue weighted by atomic mass is 10.0. The number of carbonyl (C=O) groups excluding carboxylic acids is 2. The van der Waals surface area contributed by atoms with Crippen LogP contribution in [0.5, 0.6) is 5.75 Å². The number of pyridine rings is 1. The average Bonchev–Trinajstić information content (AvgIpc) is 3.26. The third-order valence-electron chi connectivity index (χ3n) is 6.55. The van der Waals surface area contributed by atoms with Crippen molar-refractivity contribution in [2.24, 2.45) is 0 Å². The highest BCUT2D eigenvalue weighted by molar-refractivity contribution is 6.09. The summed E-state index contributed by atoms with van der Waals surface area (Å²) in [7, 11) is 2.01. The highest BCUT2D eigenvalue weighted by Crippen LogP contribution is 2.41. The van der Waals surface area contributed by atoms with Crippen LogP contribution in [0.1, 0.15) is 16.1 Å². The number of H-pyrrole nitrogens is 1. The fraction of sp³-hybridized carbons (Fsp3) is 0.346. The van der Waals surface area contributed by atoms with E-state index in [9.17, 15) is 18.4 Å². The van der Waals surface area contributed by atoms with Crippen molar-refractivity contribution in [3.05, 3.63) is 60.0 Å². The number of rotatable bonds is 6. The van der Waals surface area contributed by atoms with Gasteiger partial charge in [-0.15, -0.1) is 0 Å². The third kappa shape index (κ3) is 5.26. The Bertz CT molecular complexity index is 1270. The number of aromatic amines is 1. The van der Waals surface area contributed by atoms with Gasteiger partial charge < -0.3 is 29.7 Å². The van der Waals surface area contributed by atoms with E-state index >= 15 is 0 Å². The van der Waals surface area contributed by atoms with Crippen molar-refractivity contribution in [3.63, 3.8) is 0 Å². The summed E-state index contributed by atoms with van der Waals surface area (Å²) in [5.41, 5.74) is 3.25. The summed E-state index contributed by atoms with van der Waals surface area (Å²) in [5.74, 6) is -0.0518. The van der Waals surface area contributed by atoms with Gasteiger partial charge in [-0.1, -0.05) is 18.2 Å². The zero-order chi connectivity index (χ0) is 25.9. The molecule has 0 saturated carbocycles. The van der Waals surface area contributed by atoms with Crippen molar-refractivity contribution in [1.82, 2.24) is 24.7 Å². The molecule has 2 aromatic heterocycles. The van der Waals surface area contributed by atoms with E-state index in [1.807, 2.05) is 37.4 Å². The van der Waals surface area contributed by atoms with Crippen LogP contribution in [0.4, 0.5) is 25.0 Å². The average molecular weight is 511 g/mol. The molecule has 2 N–H and O–H groups in total. The quantitative estimate of drug-likeness (QED) is 0.524. The first-order valence-electron chi connectivity index (χ1n) is 12.1. The minimum absolute atomic E-state index is 0.0516. The molecule has 0 unspecified atom stereocenters. The number of piperazine rings is 1. The third-order valence-corrected chi connectivity index (χ3v) is 6.55. The van der Waals surface area contributed by atoms with Gasteiger partial charge in [0, 0.05) is 49.3 Å². The summed E-state index contributed by atoms with van der Waals surface area (Å²) in [4.78, 5) is 39.5. The number of Topliss-reactive ketones (excluding diaryl/α,β-unsaturated/α-hetero) is 1. The second kappa shape index (κ2) is 10.6. The largest absolute Gasteiger partial charge is 0.485 e. The highest BCUT2D eigenvalue weighted by Gasteiger charge is 2.35. The van der Waals surface area contributed by atoms with Gasteiger partial charge in [-0.3, -0.25) is 9.78 Å². The van der Waals surface area contributed by atoms with Gasteiger partial charge in [0.05, 0.1) is 36.2 Å². The number of ketones is 1. The molecule has 0 spiro atoms. The standard InChI is InChI=1S/C26H28F2N6O3/c1-32-9-11-33(12-10-32)26(36)34-14-19-23(20(35)15-34)25(30-17-5-3-2-4-6-17)24(31-19)18-7-8-29-13-21(18)37-16-22(27)28/h2-8,13,22,30-31H,9-12,14-16H2,1H3. The lowest BCUT2D eigenvalue weighted by Crippen LogP contribution is -2.53. The van der Waals surface area contributed by atoms with E-state index in [1.54, 1.807) is 15.9 Å². The number of nitrogens with one attached hydrogen (secondary N) is 2. The van der Waals surface area contributed by atoms with E-state index in [0.29, 0.717) is 41.3 Å². The Morgan fingerprint density at radius 2 is 1.86 bits per heavy atom. The summed E-state index contributed by atoms with van der Waals surface area (Å²) in [6, 6.07) is 10.8. The second-order valence-corrected chi connectivity index (χ2v) is 9.15. The maximum atomic E-state index is 13.5. The molecule has 5 rings (SSSR count). The molecule has 1 aromatic carbocycles. The summed E-state index contributed by atoms with van der Waals surface area (Å²) in [6.45, 7) is 2.14. The number of carbonyl (C=O) groups is 2. The Morgan fingerprint density at radius 1 is 1.11 bits per heavy atom. The van der Waals surface area contributed by atoms with Crippen LogP contribution < -0.4 is 10.1 Å². The lowest BCUT2D eigenvalue weighted by Gasteiger charge is -2.37. The molecule has 1 saturated heterocycles. The number of halogens is 2. The van der Waals surface area contributed by atoms with Crippen molar-refractivity contribution in [2.75, 3.05) is 51.7 Å². The van der Waals surface area contributed by atoms with Crippen LogP contribution in [-0.4, -0.2) is 89.3 Å². The summed E-state index contributed by atoms with van der Waals surface area (Å²) in [5, 5.41) is 3.32. The summed E-state index contributed by atoms with van der Waals surface area (Å²) < 4.78 is 31.1. The summed E-state index contributed by atoms with van der Waals surface area (Å²) >= 11 is 0. The smallest absolute Gasteiger partial charge is 0.320 e. The zero-order valence-corrected chi connectivity index (χ0v) is 20.4. The number of alkyl halides is 2. The molecule has 194 valence electrons. The van der Waals surface area contributed by atoms with Gasteiger partial charge in [0.1, 0.15) is 12.4 Å². The van der Waals surface area contributed by atoms with E-state index in [0.717, 1.165) is 18.8 Å². The minimum Gasteiger partial charge on any atom is -0.485 e. The van der Waals surface area contributed by atoms with Gasteiger partial charge >= 0.3 is 6.03 Å². The number of hydrogen-bond acceptors (Lipinski definition) is 6. The van der Waals surface area contributed by atoms with Gasteiger partial charge in [0.2, 0.25) is 0 Å². The van der Waals surface area contributed by atoms with Gasteiger partial charge in [-0.05, 0) is 25.2 Å². The van der Waals surface area contributed by atoms with Crippen molar-refractivity contribution in [2.45, 2.75) is 13.0 Å². The zero-order valence-electron chi connectivity index (χ0n) is 20.4. The molecule has 3 aromatic rings. The molecule has 0 bridgehead atoms. The van der Waals surface area contributed by atoms with E-state index in [4.69, 9.17) is 4.74 Å². The first-order valence-corrected chi connectivity index (χ1v) is 12.1. The normalized spacial score (nSPS) is 16.2. The lowest BCUT2D eigenvalue weighted by molar-refractivity contribution is 0.0820. The number of fused-ring (bicyclic) bond motifs is 1. The molecule has 2 aliphatic rings. The van der Waals surface area contributed by atoms with E-state index in [-0.39, 0.29) is 30.7 Å². The SMILES string of the molecule is CN1CCN(C(=O)N2CC(=O)c3c([nH]c(-c4ccncc4OCC(F)F)c3Nc3ccccc3)C2)CC1. The Hall–Kier alpha value is -3.99. The number of para-hydroxylation sites is 1. The molecule has 9 nitrogen and oxygen atoms in total. The molecular weight excluding hydrogens is 482 g/mol. The fourth-order valence-corrected chi connectivity index (χ4v) is 4.66. The number of hydrogen-bond donors (Lipinski definition) is 2. The number of nitrogens with zero attached hydrogens (tertiary/aromatic N) is 4. The van der Waals surface area contributed by atoms with E-state index in [1.165, 1.54) is 12.4 Å². The number of amides is 2. The van der Waals surface area contributed by atoms with Crippen molar-refractivity contribution in [1.29, 1.82) is 0 Å². The van der Waals surface area contributed by atoms with E-state index < -0.39 is 13.0 Å². The molecule has 2 amide bonds. The van der Waals surface area contributed by atoms with Crippen LogP contribution in [0.2, 0.25) is 0 Å². The number of likely N-dealkylation sites (N-methyl/N-ethyl adjacent to an activating group) is 1. The van der Waals surface area contributed by atoms with Crippen LogP contribution in [0.25, 0.3) is 11.3 Å². The number of anilines is 2. The molecule has 11 heteroatoms. The molecule has 0 radical (unpaired) electrons. The maximum absolute atomic E-state index is 13.5. The second-order valence-electron chi connectivity index (χ2n) is 9.15. The topological polar surface area (TPSA) is 93.8 Å². The number of aromatic nitrogens is 2. The minimum atomic E-state index is -2.65. The van der Waals surface area contributed by atoms with E-state index in [2.05, 4.69) is 20.2 Å². The van der Waals surface area contributed by atoms with Gasteiger partial charge in [0.15, 0.2) is 5.78 Å².